The van der Waals surface area contributed by atoms with Gasteiger partial charge >= 0.3 is 0 Å². The van der Waals surface area contributed by atoms with Crippen LogP contribution < -0.4 is 0 Å². The Balaban J connectivity index is 1.44. The van der Waals surface area contributed by atoms with E-state index in [1.807, 2.05) is 35.4 Å². The fourth-order valence-corrected chi connectivity index (χ4v) is 4.12. The molecule has 0 aromatic carbocycles. The summed E-state index contributed by atoms with van der Waals surface area (Å²) in [5.41, 5.74) is 4.11. The van der Waals surface area contributed by atoms with Gasteiger partial charge in [-0.25, -0.2) is 0 Å². The molecule has 0 unspecified atom stereocenters. The first-order valence-electron chi connectivity index (χ1n) is 9.61. The van der Waals surface area contributed by atoms with Gasteiger partial charge in [0, 0.05) is 45.5 Å². The topological polar surface area (TPSA) is 76.3 Å². The number of nitrogens with zero attached hydrogens (tertiary/aromatic N) is 6. The van der Waals surface area contributed by atoms with E-state index in [2.05, 4.69) is 10.2 Å². The average molecular weight is 370 g/mol. The summed E-state index contributed by atoms with van der Waals surface area (Å²) in [6.45, 7) is 6.86. The van der Waals surface area contributed by atoms with Gasteiger partial charge in [-0.15, -0.1) is 0 Å². The third-order valence-corrected chi connectivity index (χ3v) is 5.79. The highest BCUT2D eigenvalue weighted by molar-refractivity contribution is 5.97. The maximum Gasteiger partial charge on any atom is 0.257 e. The fourth-order valence-electron chi connectivity index (χ4n) is 4.12. The Labute approximate surface area is 158 Å². The van der Waals surface area contributed by atoms with Crippen LogP contribution in [0, 0.1) is 13.8 Å². The van der Waals surface area contributed by atoms with Crippen LogP contribution >= 0.6 is 0 Å². The summed E-state index contributed by atoms with van der Waals surface area (Å²) in [5, 5.41) is 8.71. The molecule has 2 aromatic rings. The number of carbonyl (C=O) groups excluding carboxylic acids is 2. The number of aryl methyl sites for hydroxylation is 3. The minimum Gasteiger partial charge on any atom is -0.335 e. The summed E-state index contributed by atoms with van der Waals surface area (Å²) in [6.07, 6.45) is 4.86. The molecule has 0 saturated carbocycles. The van der Waals surface area contributed by atoms with Crippen LogP contribution in [0.15, 0.2) is 6.20 Å². The van der Waals surface area contributed by atoms with Crippen molar-refractivity contribution < 1.29 is 9.59 Å². The zero-order chi connectivity index (χ0) is 19.1. The molecule has 4 heterocycles. The van der Waals surface area contributed by atoms with Gasteiger partial charge in [0.1, 0.15) is 0 Å². The SMILES string of the molecule is Cc1nn(C)c(C)c1C(=O)N1CCN(C(=O)c2cnn3c2CCCC3)CC1. The predicted molar refractivity (Wildman–Crippen MR) is 99.7 cm³/mol. The van der Waals surface area contributed by atoms with Gasteiger partial charge in [-0.3, -0.25) is 19.0 Å². The van der Waals surface area contributed by atoms with Crippen LogP contribution in [0.5, 0.6) is 0 Å². The Bertz CT molecular complexity index is 888. The quantitative estimate of drug-likeness (QED) is 0.795. The van der Waals surface area contributed by atoms with Gasteiger partial charge < -0.3 is 9.80 Å². The summed E-state index contributed by atoms with van der Waals surface area (Å²) >= 11 is 0. The molecule has 8 heteroatoms. The fraction of sp³-hybridized carbons (Fsp3) is 0.579. The van der Waals surface area contributed by atoms with Crippen LogP contribution in [-0.4, -0.2) is 67.4 Å². The van der Waals surface area contributed by atoms with Crippen molar-refractivity contribution in [3.8, 4) is 0 Å². The second kappa shape index (κ2) is 6.83. The van der Waals surface area contributed by atoms with E-state index >= 15 is 0 Å². The van der Waals surface area contributed by atoms with Crippen LogP contribution in [0.1, 0.15) is 50.6 Å². The first-order valence-corrected chi connectivity index (χ1v) is 9.61. The van der Waals surface area contributed by atoms with Crippen molar-refractivity contribution in [3.63, 3.8) is 0 Å². The molecular formula is C19H26N6O2. The smallest absolute Gasteiger partial charge is 0.257 e. The Hall–Kier alpha value is -2.64. The van der Waals surface area contributed by atoms with Gasteiger partial charge in [0.15, 0.2) is 0 Å². The van der Waals surface area contributed by atoms with E-state index in [-0.39, 0.29) is 11.8 Å². The third kappa shape index (κ3) is 3.02. The minimum absolute atomic E-state index is 0.00751. The number of piperazine rings is 1. The second-order valence-corrected chi connectivity index (χ2v) is 7.44. The molecule has 0 spiro atoms. The van der Waals surface area contributed by atoms with E-state index in [1.165, 1.54) is 0 Å². The lowest BCUT2D eigenvalue weighted by Crippen LogP contribution is -2.50. The summed E-state index contributed by atoms with van der Waals surface area (Å²) < 4.78 is 3.70. The second-order valence-electron chi connectivity index (χ2n) is 7.44. The van der Waals surface area contributed by atoms with Crippen molar-refractivity contribution in [1.82, 2.24) is 29.4 Å². The van der Waals surface area contributed by atoms with E-state index in [0.717, 1.165) is 48.5 Å². The molecule has 1 fully saturated rings. The lowest BCUT2D eigenvalue weighted by Gasteiger charge is -2.35. The molecule has 0 aliphatic carbocycles. The van der Waals surface area contributed by atoms with Crippen LogP contribution in [0.3, 0.4) is 0 Å². The number of hydrogen-bond acceptors (Lipinski definition) is 4. The Morgan fingerprint density at radius 2 is 1.63 bits per heavy atom. The number of fused-ring (bicyclic) bond motifs is 1. The molecule has 1 saturated heterocycles. The molecule has 2 aliphatic rings. The monoisotopic (exact) mass is 370 g/mol. The highest BCUT2D eigenvalue weighted by atomic mass is 16.2. The first-order chi connectivity index (χ1) is 13.0. The molecule has 4 rings (SSSR count). The zero-order valence-electron chi connectivity index (χ0n) is 16.2. The van der Waals surface area contributed by atoms with Gasteiger partial charge in [-0.2, -0.15) is 10.2 Å². The van der Waals surface area contributed by atoms with Gasteiger partial charge in [0.25, 0.3) is 11.8 Å². The highest BCUT2D eigenvalue weighted by Gasteiger charge is 2.30. The summed E-state index contributed by atoms with van der Waals surface area (Å²) in [4.78, 5) is 29.5. The average Bonchev–Trinajstić information content (AvgIpc) is 3.21. The van der Waals surface area contributed by atoms with Crippen molar-refractivity contribution >= 4 is 11.8 Å². The molecule has 0 atom stereocenters. The number of rotatable bonds is 2. The Kier molecular flexibility index (Phi) is 4.49. The van der Waals surface area contributed by atoms with E-state index < -0.39 is 0 Å². The normalized spacial score (nSPS) is 17.1. The number of amides is 2. The van der Waals surface area contributed by atoms with Gasteiger partial charge in [-0.1, -0.05) is 0 Å². The van der Waals surface area contributed by atoms with Crippen LogP contribution in [0.4, 0.5) is 0 Å². The lowest BCUT2D eigenvalue weighted by molar-refractivity contribution is 0.0533. The van der Waals surface area contributed by atoms with E-state index in [9.17, 15) is 9.59 Å². The maximum absolute atomic E-state index is 12.9. The highest BCUT2D eigenvalue weighted by Crippen LogP contribution is 2.21. The van der Waals surface area contributed by atoms with Crippen molar-refractivity contribution in [3.05, 3.63) is 34.4 Å². The standard InChI is InChI=1S/C19H26N6O2/c1-13-17(14(2)22(3)21-13)19(27)24-10-8-23(9-11-24)18(26)15-12-20-25-7-5-4-6-16(15)25/h12H,4-11H2,1-3H3. The Morgan fingerprint density at radius 3 is 2.26 bits per heavy atom. The zero-order valence-corrected chi connectivity index (χ0v) is 16.2. The van der Waals surface area contributed by atoms with Crippen molar-refractivity contribution in [2.24, 2.45) is 7.05 Å². The van der Waals surface area contributed by atoms with Gasteiger partial charge in [0.05, 0.1) is 28.7 Å². The molecule has 8 nitrogen and oxygen atoms in total. The predicted octanol–water partition coefficient (Wildman–Crippen LogP) is 1.17. The maximum atomic E-state index is 12.9. The molecule has 0 radical (unpaired) electrons. The van der Waals surface area contributed by atoms with Crippen molar-refractivity contribution in [1.29, 1.82) is 0 Å². The summed E-state index contributed by atoms with van der Waals surface area (Å²) in [7, 11) is 1.85. The van der Waals surface area contributed by atoms with E-state index in [4.69, 9.17) is 0 Å². The number of hydrogen-bond donors (Lipinski definition) is 0. The molecule has 144 valence electrons. The lowest BCUT2D eigenvalue weighted by atomic mass is 10.1. The molecule has 2 amide bonds. The van der Waals surface area contributed by atoms with E-state index in [0.29, 0.717) is 31.7 Å². The molecule has 27 heavy (non-hydrogen) atoms. The summed E-state index contributed by atoms with van der Waals surface area (Å²) in [6, 6.07) is 0. The number of carbonyl (C=O) groups is 2. The van der Waals surface area contributed by atoms with Crippen LogP contribution in [0.25, 0.3) is 0 Å². The Morgan fingerprint density at radius 1 is 0.963 bits per heavy atom. The molecular weight excluding hydrogens is 344 g/mol. The minimum atomic E-state index is 0.00751. The van der Waals surface area contributed by atoms with Crippen LogP contribution in [0.2, 0.25) is 0 Å². The number of aromatic nitrogens is 4. The van der Waals surface area contributed by atoms with E-state index in [1.54, 1.807) is 10.9 Å². The molecule has 0 bridgehead atoms. The van der Waals surface area contributed by atoms with Crippen molar-refractivity contribution in [2.45, 2.75) is 39.7 Å². The largest absolute Gasteiger partial charge is 0.335 e. The molecule has 2 aliphatic heterocycles. The van der Waals surface area contributed by atoms with Crippen LogP contribution in [-0.2, 0) is 20.0 Å². The molecule has 2 aromatic heterocycles. The van der Waals surface area contributed by atoms with Gasteiger partial charge in [0.2, 0.25) is 0 Å². The van der Waals surface area contributed by atoms with Crippen molar-refractivity contribution in [2.75, 3.05) is 26.2 Å². The summed E-state index contributed by atoms with van der Waals surface area (Å²) in [5.74, 6) is 0.0482. The third-order valence-electron chi connectivity index (χ3n) is 5.79. The van der Waals surface area contributed by atoms with Gasteiger partial charge in [-0.05, 0) is 33.1 Å². The molecule has 0 N–H and O–H groups in total. The first kappa shape index (κ1) is 17.8.